The lowest BCUT2D eigenvalue weighted by Crippen LogP contribution is -2.61. The van der Waals surface area contributed by atoms with Crippen molar-refractivity contribution in [1.29, 1.82) is 0 Å². The number of rotatable bonds is 8. The molecule has 9 heteroatoms. The van der Waals surface area contributed by atoms with Crippen molar-refractivity contribution in [2.45, 2.75) is 44.8 Å². The summed E-state index contributed by atoms with van der Waals surface area (Å²) in [5, 5.41) is 6.58. The third-order valence-electron chi connectivity index (χ3n) is 6.15. The molecule has 1 fully saturated rings. The predicted molar refractivity (Wildman–Crippen MR) is 129 cm³/mol. The van der Waals surface area contributed by atoms with Crippen molar-refractivity contribution < 1.29 is 19.0 Å². The van der Waals surface area contributed by atoms with Gasteiger partial charge in [0.15, 0.2) is 11.5 Å². The number of nitrogens with one attached hydrogen (secondary N) is 1. The quantitative estimate of drug-likeness (QED) is 0.498. The van der Waals surface area contributed by atoms with E-state index in [-0.39, 0.29) is 12.0 Å². The van der Waals surface area contributed by atoms with E-state index in [2.05, 4.69) is 22.1 Å². The van der Waals surface area contributed by atoms with Gasteiger partial charge >= 0.3 is 5.97 Å². The third kappa shape index (κ3) is 4.74. The lowest BCUT2D eigenvalue weighted by molar-refractivity contribution is -0.152. The second-order valence-electron chi connectivity index (χ2n) is 8.19. The molecule has 0 bridgehead atoms. The maximum atomic E-state index is 13.1. The van der Waals surface area contributed by atoms with Gasteiger partial charge in [0, 0.05) is 30.7 Å². The van der Waals surface area contributed by atoms with Crippen molar-refractivity contribution in [1.82, 2.24) is 15.3 Å². The second kappa shape index (κ2) is 9.93. The van der Waals surface area contributed by atoms with Gasteiger partial charge < -0.3 is 19.1 Å². The van der Waals surface area contributed by atoms with Crippen LogP contribution in [0.25, 0.3) is 10.2 Å². The van der Waals surface area contributed by atoms with E-state index >= 15 is 0 Å². The molecular formula is C24H30N4O4S. The molecule has 0 spiro atoms. The number of benzene rings is 1. The molecule has 4 rings (SSSR count). The van der Waals surface area contributed by atoms with Gasteiger partial charge in [-0.2, -0.15) is 0 Å². The Labute approximate surface area is 197 Å². The number of hydrogen-bond donors (Lipinski definition) is 1. The zero-order valence-electron chi connectivity index (χ0n) is 19.5. The van der Waals surface area contributed by atoms with Crippen LogP contribution in [0.4, 0.5) is 5.95 Å². The minimum absolute atomic E-state index is 0.0541. The molecule has 0 amide bonds. The Bertz CT molecular complexity index is 1120. The van der Waals surface area contributed by atoms with E-state index in [4.69, 9.17) is 19.2 Å². The number of piperidine rings is 1. The first-order chi connectivity index (χ1) is 16.0. The first-order valence-corrected chi connectivity index (χ1v) is 12.0. The average Bonchev–Trinajstić information content (AvgIpc) is 3.30. The normalized spacial score (nSPS) is 20.6. The highest BCUT2D eigenvalue weighted by atomic mass is 32.1. The van der Waals surface area contributed by atoms with Crippen LogP contribution in [-0.2, 0) is 16.1 Å². The average molecular weight is 471 g/mol. The van der Waals surface area contributed by atoms with Crippen LogP contribution in [0.2, 0.25) is 0 Å². The standard InChI is InChI=1S/C24H30N4O4S/c1-5-32-22(29)24(26-14-17-6-7-19(30-3)20(12-17)31-4)9-10-28(16(2)13-24)23-25-15-18-8-11-33-21(18)27-23/h6-8,11-12,15-16,26H,5,9-10,13-14H2,1-4H3. The number of esters is 1. The van der Waals surface area contributed by atoms with E-state index in [1.165, 1.54) is 0 Å². The van der Waals surface area contributed by atoms with Crippen LogP contribution in [0.1, 0.15) is 32.3 Å². The van der Waals surface area contributed by atoms with Gasteiger partial charge in [-0.25, -0.2) is 9.97 Å². The van der Waals surface area contributed by atoms with Crippen molar-refractivity contribution in [3.63, 3.8) is 0 Å². The molecule has 3 aromatic rings. The molecule has 1 saturated heterocycles. The molecule has 0 aliphatic carbocycles. The summed E-state index contributed by atoms with van der Waals surface area (Å²) in [4.78, 5) is 25.6. The Kier molecular flexibility index (Phi) is 6.99. The highest BCUT2D eigenvalue weighted by Crippen LogP contribution is 2.33. The summed E-state index contributed by atoms with van der Waals surface area (Å²) >= 11 is 1.61. The van der Waals surface area contributed by atoms with Gasteiger partial charge in [-0.05, 0) is 55.8 Å². The van der Waals surface area contributed by atoms with Crippen molar-refractivity contribution >= 4 is 33.5 Å². The monoisotopic (exact) mass is 470 g/mol. The zero-order chi connectivity index (χ0) is 23.4. The third-order valence-corrected chi connectivity index (χ3v) is 6.97. The first kappa shape index (κ1) is 23.3. The molecule has 1 aromatic carbocycles. The molecule has 8 nitrogen and oxygen atoms in total. The first-order valence-electron chi connectivity index (χ1n) is 11.1. The summed E-state index contributed by atoms with van der Waals surface area (Å²) in [6.07, 6.45) is 3.05. The summed E-state index contributed by atoms with van der Waals surface area (Å²) in [6.45, 7) is 5.43. The molecule has 0 radical (unpaired) electrons. The van der Waals surface area contributed by atoms with Crippen LogP contribution < -0.4 is 19.7 Å². The highest BCUT2D eigenvalue weighted by Gasteiger charge is 2.45. The molecule has 2 unspecified atom stereocenters. The van der Waals surface area contributed by atoms with Crippen molar-refractivity contribution in [3.8, 4) is 11.5 Å². The molecule has 0 saturated carbocycles. The molecule has 3 heterocycles. The van der Waals surface area contributed by atoms with E-state index in [1.807, 2.05) is 42.8 Å². The molecule has 1 aliphatic rings. The number of aromatic nitrogens is 2. The van der Waals surface area contributed by atoms with Crippen LogP contribution in [0, 0.1) is 0 Å². The lowest BCUT2D eigenvalue weighted by Gasteiger charge is -2.44. The number of fused-ring (bicyclic) bond motifs is 1. The van der Waals surface area contributed by atoms with E-state index in [1.54, 1.807) is 25.6 Å². The van der Waals surface area contributed by atoms with Gasteiger partial charge in [0.05, 0.1) is 20.8 Å². The minimum atomic E-state index is -0.786. The van der Waals surface area contributed by atoms with Crippen LogP contribution in [0.3, 0.4) is 0 Å². The number of hydrogen-bond acceptors (Lipinski definition) is 9. The van der Waals surface area contributed by atoms with Gasteiger partial charge in [0.1, 0.15) is 10.4 Å². The van der Waals surface area contributed by atoms with Gasteiger partial charge in [0.25, 0.3) is 0 Å². The fraction of sp³-hybridized carbons (Fsp3) is 0.458. The number of methoxy groups -OCH3 is 2. The van der Waals surface area contributed by atoms with Gasteiger partial charge in [-0.3, -0.25) is 10.1 Å². The largest absolute Gasteiger partial charge is 0.493 e. The molecule has 1 N–H and O–H groups in total. The smallest absolute Gasteiger partial charge is 0.326 e. The highest BCUT2D eigenvalue weighted by molar-refractivity contribution is 7.16. The minimum Gasteiger partial charge on any atom is -0.493 e. The van der Waals surface area contributed by atoms with Crippen molar-refractivity contribution in [3.05, 3.63) is 41.4 Å². The predicted octanol–water partition coefficient (Wildman–Crippen LogP) is 3.79. The van der Waals surface area contributed by atoms with Crippen LogP contribution in [0.15, 0.2) is 35.8 Å². The van der Waals surface area contributed by atoms with E-state index in [9.17, 15) is 4.79 Å². The molecule has 176 valence electrons. The van der Waals surface area contributed by atoms with Crippen LogP contribution in [-0.4, -0.2) is 54.9 Å². The van der Waals surface area contributed by atoms with Gasteiger partial charge in [-0.1, -0.05) is 6.07 Å². The van der Waals surface area contributed by atoms with Gasteiger partial charge in [0.2, 0.25) is 5.95 Å². The van der Waals surface area contributed by atoms with Crippen molar-refractivity contribution in [2.75, 3.05) is 32.3 Å². The molecule has 2 aromatic heterocycles. The number of ether oxygens (including phenoxy) is 3. The summed E-state index contributed by atoms with van der Waals surface area (Å²) in [7, 11) is 3.22. The van der Waals surface area contributed by atoms with E-state index in [0.717, 1.165) is 15.8 Å². The van der Waals surface area contributed by atoms with Crippen LogP contribution in [0.5, 0.6) is 11.5 Å². The number of carbonyl (C=O) groups is 1. The number of nitrogens with zero attached hydrogens (tertiary/aromatic N) is 3. The maximum Gasteiger partial charge on any atom is 0.326 e. The SMILES string of the molecule is CCOC(=O)C1(NCc2ccc(OC)c(OC)c2)CCN(c2ncc3ccsc3n2)C(C)C1. The number of anilines is 1. The van der Waals surface area contributed by atoms with E-state index < -0.39 is 5.54 Å². The number of carbonyl (C=O) groups excluding carboxylic acids is 1. The van der Waals surface area contributed by atoms with E-state index in [0.29, 0.717) is 50.0 Å². The Morgan fingerprint density at radius 1 is 1.27 bits per heavy atom. The zero-order valence-corrected chi connectivity index (χ0v) is 20.3. The topological polar surface area (TPSA) is 85.8 Å². The molecule has 2 atom stereocenters. The summed E-state index contributed by atoms with van der Waals surface area (Å²) < 4.78 is 16.2. The summed E-state index contributed by atoms with van der Waals surface area (Å²) in [6, 6.07) is 7.84. The Morgan fingerprint density at radius 3 is 2.82 bits per heavy atom. The Morgan fingerprint density at radius 2 is 2.09 bits per heavy atom. The van der Waals surface area contributed by atoms with Crippen LogP contribution >= 0.6 is 11.3 Å². The molecule has 1 aliphatic heterocycles. The number of thiophene rings is 1. The Hall–Kier alpha value is -2.91. The summed E-state index contributed by atoms with van der Waals surface area (Å²) in [5.74, 6) is 1.82. The second-order valence-corrected chi connectivity index (χ2v) is 9.09. The molecular weight excluding hydrogens is 440 g/mol. The van der Waals surface area contributed by atoms with Crippen molar-refractivity contribution in [2.24, 2.45) is 0 Å². The molecule has 33 heavy (non-hydrogen) atoms. The van der Waals surface area contributed by atoms with Gasteiger partial charge in [-0.15, -0.1) is 11.3 Å². The summed E-state index contributed by atoms with van der Waals surface area (Å²) in [5.41, 5.74) is 0.212. The maximum absolute atomic E-state index is 13.1. The lowest BCUT2D eigenvalue weighted by atomic mass is 9.83. The fourth-order valence-electron chi connectivity index (χ4n) is 4.38. The fourth-order valence-corrected chi connectivity index (χ4v) is 5.11. The Balaban J connectivity index is 1.53.